The van der Waals surface area contributed by atoms with Gasteiger partial charge in [-0.05, 0) is 46.2 Å². The SMILES string of the molecule is CO[C@@H]1C[C@@H](c2nc(C)c(C)[nH]2)N(CCN2CCCCC2)C1. The molecule has 5 nitrogen and oxygen atoms in total. The highest BCUT2D eigenvalue weighted by molar-refractivity contribution is 5.14. The van der Waals surface area contributed by atoms with Crippen LogP contribution in [0, 0.1) is 13.8 Å². The van der Waals surface area contributed by atoms with Crippen LogP contribution in [0.1, 0.15) is 48.9 Å². The molecule has 1 aromatic rings. The zero-order chi connectivity index (χ0) is 15.5. The number of H-pyrrole nitrogens is 1. The molecule has 0 bridgehead atoms. The fourth-order valence-corrected chi connectivity index (χ4v) is 3.75. The van der Waals surface area contributed by atoms with Gasteiger partial charge in [-0.2, -0.15) is 0 Å². The first-order valence-corrected chi connectivity index (χ1v) is 8.69. The zero-order valence-electron chi connectivity index (χ0n) is 14.3. The van der Waals surface area contributed by atoms with Crippen molar-refractivity contribution in [1.29, 1.82) is 0 Å². The molecule has 0 radical (unpaired) electrons. The Hall–Kier alpha value is -0.910. The molecule has 0 spiro atoms. The largest absolute Gasteiger partial charge is 0.380 e. The Kier molecular flexibility index (Phi) is 5.16. The van der Waals surface area contributed by atoms with Gasteiger partial charge < -0.3 is 14.6 Å². The number of piperidine rings is 1. The molecule has 124 valence electrons. The zero-order valence-corrected chi connectivity index (χ0v) is 14.3. The maximum absolute atomic E-state index is 5.63. The lowest BCUT2D eigenvalue weighted by atomic mass is 10.1. The topological polar surface area (TPSA) is 44.4 Å². The molecule has 2 aliphatic heterocycles. The van der Waals surface area contributed by atoms with Gasteiger partial charge in [0.1, 0.15) is 5.82 Å². The summed E-state index contributed by atoms with van der Waals surface area (Å²) in [5.74, 6) is 1.12. The number of aryl methyl sites for hydroxylation is 2. The number of rotatable bonds is 5. The molecule has 5 heteroatoms. The van der Waals surface area contributed by atoms with Crippen LogP contribution in [0.2, 0.25) is 0 Å². The number of ether oxygens (including phenoxy) is 1. The van der Waals surface area contributed by atoms with Crippen LogP contribution in [0.5, 0.6) is 0 Å². The third-order valence-corrected chi connectivity index (χ3v) is 5.31. The van der Waals surface area contributed by atoms with E-state index < -0.39 is 0 Å². The molecule has 0 aliphatic carbocycles. The molecule has 0 saturated carbocycles. The van der Waals surface area contributed by atoms with E-state index >= 15 is 0 Å². The van der Waals surface area contributed by atoms with Crippen LogP contribution < -0.4 is 0 Å². The summed E-state index contributed by atoms with van der Waals surface area (Å²) in [7, 11) is 1.83. The summed E-state index contributed by atoms with van der Waals surface area (Å²) in [5.41, 5.74) is 2.30. The van der Waals surface area contributed by atoms with Crippen molar-refractivity contribution in [1.82, 2.24) is 19.8 Å². The first-order chi connectivity index (χ1) is 10.7. The van der Waals surface area contributed by atoms with Crippen molar-refractivity contribution in [2.24, 2.45) is 0 Å². The van der Waals surface area contributed by atoms with E-state index in [4.69, 9.17) is 9.72 Å². The average Bonchev–Trinajstić information content (AvgIpc) is 3.10. The molecule has 2 aliphatic rings. The molecular weight excluding hydrogens is 276 g/mol. The van der Waals surface area contributed by atoms with E-state index in [1.807, 2.05) is 7.11 Å². The van der Waals surface area contributed by atoms with Crippen molar-refractivity contribution in [3.63, 3.8) is 0 Å². The van der Waals surface area contributed by atoms with E-state index in [1.165, 1.54) is 44.6 Å². The van der Waals surface area contributed by atoms with Crippen molar-refractivity contribution in [3.8, 4) is 0 Å². The number of hydrogen-bond acceptors (Lipinski definition) is 4. The summed E-state index contributed by atoms with van der Waals surface area (Å²) in [4.78, 5) is 13.4. The summed E-state index contributed by atoms with van der Waals surface area (Å²) >= 11 is 0. The fourth-order valence-electron chi connectivity index (χ4n) is 3.75. The van der Waals surface area contributed by atoms with E-state index in [2.05, 4.69) is 28.6 Å². The van der Waals surface area contributed by atoms with E-state index in [9.17, 15) is 0 Å². The van der Waals surface area contributed by atoms with Gasteiger partial charge in [0.2, 0.25) is 0 Å². The Labute approximate surface area is 134 Å². The van der Waals surface area contributed by atoms with Gasteiger partial charge in [-0.1, -0.05) is 6.42 Å². The number of aromatic amines is 1. The summed E-state index contributed by atoms with van der Waals surface area (Å²) in [6, 6.07) is 0.377. The molecule has 1 aromatic heterocycles. The average molecular weight is 306 g/mol. The Morgan fingerprint density at radius 1 is 1.18 bits per heavy atom. The monoisotopic (exact) mass is 306 g/mol. The van der Waals surface area contributed by atoms with Crippen molar-refractivity contribution < 1.29 is 4.74 Å². The molecule has 2 saturated heterocycles. The maximum atomic E-state index is 5.63. The van der Waals surface area contributed by atoms with Crippen LogP contribution in [0.25, 0.3) is 0 Å². The van der Waals surface area contributed by atoms with Crippen LogP contribution in [-0.4, -0.2) is 65.7 Å². The summed E-state index contributed by atoms with van der Waals surface area (Å²) in [6.45, 7) is 10.0. The molecule has 0 amide bonds. The molecule has 2 atom stereocenters. The number of aromatic nitrogens is 2. The lowest BCUT2D eigenvalue weighted by molar-refractivity contribution is 0.105. The first kappa shape index (κ1) is 16.0. The van der Waals surface area contributed by atoms with Gasteiger partial charge in [-0.15, -0.1) is 0 Å². The fraction of sp³-hybridized carbons (Fsp3) is 0.824. The number of nitrogens with zero attached hydrogens (tertiary/aromatic N) is 3. The van der Waals surface area contributed by atoms with Crippen molar-refractivity contribution in [2.75, 3.05) is 39.8 Å². The minimum absolute atomic E-state index is 0.331. The van der Waals surface area contributed by atoms with Gasteiger partial charge in [-0.3, -0.25) is 4.90 Å². The van der Waals surface area contributed by atoms with Crippen LogP contribution in [0.4, 0.5) is 0 Å². The summed E-state index contributed by atoms with van der Waals surface area (Å²) < 4.78 is 5.63. The van der Waals surface area contributed by atoms with E-state index in [-0.39, 0.29) is 0 Å². The highest BCUT2D eigenvalue weighted by Crippen LogP contribution is 2.32. The second-order valence-corrected chi connectivity index (χ2v) is 6.84. The Bertz CT molecular complexity index is 462. The summed E-state index contributed by atoms with van der Waals surface area (Å²) in [5, 5.41) is 0. The second-order valence-electron chi connectivity index (χ2n) is 6.84. The molecule has 22 heavy (non-hydrogen) atoms. The highest BCUT2D eigenvalue weighted by Gasteiger charge is 2.35. The summed E-state index contributed by atoms with van der Waals surface area (Å²) in [6.07, 6.45) is 5.50. The quantitative estimate of drug-likeness (QED) is 0.906. The van der Waals surface area contributed by atoms with Gasteiger partial charge in [0.25, 0.3) is 0 Å². The molecule has 0 aromatic carbocycles. The molecule has 0 unspecified atom stereocenters. The third kappa shape index (κ3) is 3.53. The number of hydrogen-bond donors (Lipinski definition) is 1. The van der Waals surface area contributed by atoms with Gasteiger partial charge in [0.15, 0.2) is 0 Å². The van der Waals surface area contributed by atoms with Crippen LogP contribution in [0.3, 0.4) is 0 Å². The van der Waals surface area contributed by atoms with Crippen LogP contribution in [-0.2, 0) is 4.74 Å². The Balaban J connectivity index is 1.64. The predicted octanol–water partition coefficient (Wildman–Crippen LogP) is 2.27. The minimum atomic E-state index is 0.331. The van der Waals surface area contributed by atoms with Gasteiger partial charge in [0.05, 0.1) is 17.8 Å². The van der Waals surface area contributed by atoms with E-state index in [1.54, 1.807) is 0 Å². The third-order valence-electron chi connectivity index (χ3n) is 5.31. The standard InChI is InChI=1S/C17H30N4O/c1-13-14(2)19-17(18-13)16-11-15(22-3)12-21(16)10-9-20-7-5-4-6-8-20/h15-16H,4-12H2,1-3H3,(H,18,19)/t15-,16+/m1/s1. The van der Waals surface area contributed by atoms with Crippen molar-refractivity contribution >= 4 is 0 Å². The van der Waals surface area contributed by atoms with E-state index in [0.29, 0.717) is 12.1 Å². The number of likely N-dealkylation sites (tertiary alicyclic amines) is 2. The Morgan fingerprint density at radius 2 is 1.95 bits per heavy atom. The Morgan fingerprint density at radius 3 is 2.59 bits per heavy atom. The molecule has 1 N–H and O–H groups in total. The minimum Gasteiger partial charge on any atom is -0.380 e. The van der Waals surface area contributed by atoms with Crippen molar-refractivity contribution in [2.45, 2.75) is 51.7 Å². The normalized spacial score (nSPS) is 27.6. The number of methoxy groups -OCH3 is 1. The second kappa shape index (κ2) is 7.11. The molecule has 3 rings (SSSR count). The lowest BCUT2D eigenvalue weighted by Gasteiger charge is -2.30. The van der Waals surface area contributed by atoms with Crippen LogP contribution in [0.15, 0.2) is 0 Å². The predicted molar refractivity (Wildman–Crippen MR) is 88.1 cm³/mol. The molecule has 3 heterocycles. The first-order valence-electron chi connectivity index (χ1n) is 8.69. The van der Waals surface area contributed by atoms with Crippen molar-refractivity contribution in [3.05, 3.63) is 17.2 Å². The molecular formula is C17H30N4O. The van der Waals surface area contributed by atoms with E-state index in [0.717, 1.165) is 31.0 Å². The van der Waals surface area contributed by atoms with Gasteiger partial charge in [0, 0.05) is 32.4 Å². The maximum Gasteiger partial charge on any atom is 0.124 e. The van der Waals surface area contributed by atoms with Gasteiger partial charge >= 0.3 is 0 Å². The number of nitrogens with one attached hydrogen (secondary N) is 1. The smallest absolute Gasteiger partial charge is 0.124 e. The highest BCUT2D eigenvalue weighted by atomic mass is 16.5. The van der Waals surface area contributed by atoms with Crippen LogP contribution >= 0.6 is 0 Å². The molecule has 2 fully saturated rings. The number of imidazole rings is 1. The lowest BCUT2D eigenvalue weighted by Crippen LogP contribution is -2.38. The van der Waals surface area contributed by atoms with Gasteiger partial charge in [-0.25, -0.2) is 4.98 Å².